The standard InChI is InChI=1S/C24H27BrN4O2/c25-19-9-6-8-18(16-19)24(31)26-13-7-12-22-27-20-10-2-3-11-21(20)29(22)17-23(30)28-14-4-1-5-15-28/h2-3,6,8-11,16H,1,4-5,7,12-15,17H2,(H,26,31). The van der Waals surface area contributed by atoms with Crippen LogP contribution in [0, 0.1) is 0 Å². The number of halogens is 1. The van der Waals surface area contributed by atoms with Gasteiger partial charge in [-0.15, -0.1) is 0 Å². The lowest BCUT2D eigenvalue weighted by atomic mass is 10.1. The first-order chi connectivity index (χ1) is 15.1. The van der Waals surface area contributed by atoms with Crippen LogP contribution in [0.15, 0.2) is 53.0 Å². The number of fused-ring (bicyclic) bond motifs is 1. The first-order valence-electron chi connectivity index (χ1n) is 10.9. The van der Waals surface area contributed by atoms with Crippen LogP contribution in [0.5, 0.6) is 0 Å². The molecule has 31 heavy (non-hydrogen) atoms. The average Bonchev–Trinajstić information content (AvgIpc) is 3.14. The third-order valence-corrected chi connectivity index (χ3v) is 6.18. The van der Waals surface area contributed by atoms with Crippen LogP contribution in [-0.4, -0.2) is 45.9 Å². The molecule has 1 fully saturated rings. The first-order valence-corrected chi connectivity index (χ1v) is 11.7. The van der Waals surface area contributed by atoms with Crippen LogP contribution in [0.25, 0.3) is 11.0 Å². The fourth-order valence-electron chi connectivity index (χ4n) is 4.05. The zero-order valence-corrected chi connectivity index (χ0v) is 19.1. The van der Waals surface area contributed by atoms with Gasteiger partial charge in [-0.2, -0.15) is 0 Å². The number of nitrogens with zero attached hydrogens (tertiary/aromatic N) is 3. The van der Waals surface area contributed by atoms with Crippen LogP contribution in [0.3, 0.4) is 0 Å². The van der Waals surface area contributed by atoms with E-state index in [-0.39, 0.29) is 11.8 Å². The van der Waals surface area contributed by atoms with E-state index in [4.69, 9.17) is 4.98 Å². The molecule has 6 nitrogen and oxygen atoms in total. The lowest BCUT2D eigenvalue weighted by Gasteiger charge is -2.27. The monoisotopic (exact) mass is 482 g/mol. The molecule has 0 atom stereocenters. The number of hydrogen-bond acceptors (Lipinski definition) is 3. The molecule has 162 valence electrons. The molecule has 1 aliphatic rings. The van der Waals surface area contributed by atoms with Crippen LogP contribution >= 0.6 is 15.9 Å². The van der Waals surface area contributed by atoms with Crippen LogP contribution < -0.4 is 5.32 Å². The topological polar surface area (TPSA) is 67.2 Å². The molecule has 2 aromatic carbocycles. The van der Waals surface area contributed by atoms with E-state index in [1.165, 1.54) is 6.42 Å². The molecule has 7 heteroatoms. The third-order valence-electron chi connectivity index (χ3n) is 5.69. The molecule has 2 amide bonds. The number of carbonyl (C=O) groups excluding carboxylic acids is 2. The van der Waals surface area contributed by atoms with Crippen molar-refractivity contribution in [2.24, 2.45) is 0 Å². The highest BCUT2D eigenvalue weighted by molar-refractivity contribution is 9.10. The molecule has 0 bridgehead atoms. The number of para-hydroxylation sites is 2. The summed E-state index contributed by atoms with van der Waals surface area (Å²) in [6, 6.07) is 15.3. The number of piperidine rings is 1. The second kappa shape index (κ2) is 10.1. The van der Waals surface area contributed by atoms with Crippen molar-refractivity contribution in [3.05, 3.63) is 64.4 Å². The molecule has 0 saturated carbocycles. The van der Waals surface area contributed by atoms with Gasteiger partial charge in [-0.25, -0.2) is 4.98 Å². The number of benzene rings is 2. The van der Waals surface area contributed by atoms with Crippen molar-refractivity contribution in [1.29, 1.82) is 0 Å². The minimum absolute atomic E-state index is 0.0879. The molecule has 0 radical (unpaired) electrons. The Morgan fingerprint density at radius 3 is 2.65 bits per heavy atom. The largest absolute Gasteiger partial charge is 0.352 e. The van der Waals surface area contributed by atoms with Crippen molar-refractivity contribution in [1.82, 2.24) is 19.8 Å². The molecule has 1 aliphatic heterocycles. The van der Waals surface area contributed by atoms with E-state index in [1.54, 1.807) is 12.1 Å². The molecule has 0 unspecified atom stereocenters. The molecule has 0 spiro atoms. The average molecular weight is 483 g/mol. The molecular formula is C24H27BrN4O2. The smallest absolute Gasteiger partial charge is 0.251 e. The summed E-state index contributed by atoms with van der Waals surface area (Å²) in [6.07, 6.45) is 4.82. The Morgan fingerprint density at radius 1 is 1.03 bits per heavy atom. The summed E-state index contributed by atoms with van der Waals surface area (Å²) in [4.78, 5) is 32.0. The Hall–Kier alpha value is -2.67. The van der Waals surface area contributed by atoms with E-state index >= 15 is 0 Å². The third kappa shape index (κ3) is 5.34. The maximum Gasteiger partial charge on any atom is 0.251 e. The summed E-state index contributed by atoms with van der Waals surface area (Å²) in [7, 11) is 0. The zero-order valence-electron chi connectivity index (χ0n) is 17.5. The lowest BCUT2D eigenvalue weighted by molar-refractivity contribution is -0.132. The Morgan fingerprint density at radius 2 is 1.84 bits per heavy atom. The number of carbonyl (C=O) groups is 2. The molecule has 1 N–H and O–H groups in total. The number of hydrogen-bond donors (Lipinski definition) is 1. The Kier molecular flexibility index (Phi) is 7.02. The lowest BCUT2D eigenvalue weighted by Crippen LogP contribution is -2.38. The van der Waals surface area contributed by atoms with Gasteiger partial charge in [0.25, 0.3) is 5.91 Å². The van der Waals surface area contributed by atoms with Crippen molar-refractivity contribution in [2.45, 2.75) is 38.6 Å². The number of amides is 2. The van der Waals surface area contributed by atoms with Crippen LogP contribution in [0.1, 0.15) is 41.9 Å². The van der Waals surface area contributed by atoms with Gasteiger partial charge in [0, 0.05) is 36.1 Å². The van der Waals surface area contributed by atoms with Crippen molar-refractivity contribution in [3.63, 3.8) is 0 Å². The Balaban J connectivity index is 1.40. The van der Waals surface area contributed by atoms with Crippen molar-refractivity contribution >= 4 is 38.8 Å². The second-order valence-electron chi connectivity index (χ2n) is 7.91. The van der Waals surface area contributed by atoms with Gasteiger partial charge in [-0.05, 0) is 56.0 Å². The Bertz CT molecular complexity index is 1070. The number of aromatic nitrogens is 2. The summed E-state index contributed by atoms with van der Waals surface area (Å²) in [5.74, 6) is 0.963. The van der Waals surface area contributed by atoms with Crippen LogP contribution in [-0.2, 0) is 17.8 Å². The highest BCUT2D eigenvalue weighted by Gasteiger charge is 2.19. The minimum Gasteiger partial charge on any atom is -0.352 e. The second-order valence-corrected chi connectivity index (χ2v) is 8.83. The maximum atomic E-state index is 12.9. The predicted molar refractivity (Wildman–Crippen MR) is 125 cm³/mol. The summed E-state index contributed by atoms with van der Waals surface area (Å²) >= 11 is 3.39. The van der Waals surface area contributed by atoms with E-state index in [0.717, 1.165) is 53.7 Å². The molecule has 2 heterocycles. The summed E-state index contributed by atoms with van der Waals surface area (Å²) in [6.45, 7) is 2.57. The van der Waals surface area contributed by atoms with Gasteiger partial charge in [0.2, 0.25) is 5.91 Å². The Labute approximate surface area is 190 Å². The van der Waals surface area contributed by atoms with Crippen molar-refractivity contribution in [2.75, 3.05) is 19.6 Å². The van der Waals surface area contributed by atoms with Gasteiger partial charge in [0.1, 0.15) is 12.4 Å². The van der Waals surface area contributed by atoms with Crippen LogP contribution in [0.4, 0.5) is 0 Å². The van der Waals surface area contributed by atoms with Crippen molar-refractivity contribution in [3.8, 4) is 0 Å². The van der Waals surface area contributed by atoms with Gasteiger partial charge in [0.15, 0.2) is 0 Å². The van der Waals surface area contributed by atoms with Gasteiger partial charge >= 0.3 is 0 Å². The number of likely N-dealkylation sites (tertiary alicyclic amines) is 1. The van der Waals surface area contributed by atoms with E-state index in [2.05, 4.69) is 21.2 Å². The van der Waals surface area contributed by atoms with Gasteiger partial charge in [-0.1, -0.05) is 34.1 Å². The first kappa shape index (κ1) is 21.6. The molecule has 4 rings (SSSR count). The predicted octanol–water partition coefficient (Wildman–Crippen LogP) is 4.17. The number of nitrogens with one attached hydrogen (secondary N) is 1. The molecule has 1 saturated heterocycles. The number of aryl methyl sites for hydroxylation is 1. The minimum atomic E-state index is -0.0879. The van der Waals surface area contributed by atoms with E-state index in [1.807, 2.05) is 45.9 Å². The van der Waals surface area contributed by atoms with Gasteiger partial charge in [0.05, 0.1) is 11.0 Å². The van der Waals surface area contributed by atoms with Crippen LogP contribution in [0.2, 0.25) is 0 Å². The highest BCUT2D eigenvalue weighted by atomic mass is 79.9. The zero-order chi connectivity index (χ0) is 21.6. The fraction of sp³-hybridized carbons (Fsp3) is 0.375. The number of rotatable bonds is 7. The highest BCUT2D eigenvalue weighted by Crippen LogP contribution is 2.19. The molecule has 3 aromatic rings. The van der Waals surface area contributed by atoms with E-state index in [0.29, 0.717) is 25.1 Å². The summed E-state index contributed by atoms with van der Waals surface area (Å²) < 4.78 is 2.93. The normalized spacial score (nSPS) is 14.0. The maximum absolute atomic E-state index is 12.9. The quantitative estimate of drug-likeness (QED) is 0.513. The summed E-state index contributed by atoms with van der Waals surface area (Å²) in [5.41, 5.74) is 2.52. The van der Waals surface area contributed by atoms with E-state index < -0.39 is 0 Å². The molecule has 0 aliphatic carbocycles. The van der Waals surface area contributed by atoms with E-state index in [9.17, 15) is 9.59 Å². The molecular weight excluding hydrogens is 456 g/mol. The van der Waals surface area contributed by atoms with Gasteiger partial charge in [-0.3, -0.25) is 9.59 Å². The van der Waals surface area contributed by atoms with Gasteiger partial charge < -0.3 is 14.8 Å². The number of imidazole rings is 1. The summed E-state index contributed by atoms with van der Waals surface area (Å²) in [5, 5.41) is 2.97. The van der Waals surface area contributed by atoms with Crippen molar-refractivity contribution < 1.29 is 9.59 Å². The SMILES string of the molecule is O=C(NCCCc1nc2ccccc2n1CC(=O)N1CCCCC1)c1cccc(Br)c1. The molecule has 1 aromatic heterocycles. The fourth-order valence-corrected chi connectivity index (χ4v) is 4.45.